The highest BCUT2D eigenvalue weighted by Gasteiger charge is 1.99. The Balaban J connectivity index is 2.44. The van der Waals surface area contributed by atoms with Gasteiger partial charge >= 0.3 is 0 Å². The number of rotatable bonds is 1. The van der Waals surface area contributed by atoms with Crippen molar-refractivity contribution >= 4 is 15.9 Å². The van der Waals surface area contributed by atoms with Crippen molar-refractivity contribution in [3.63, 3.8) is 0 Å². The van der Waals surface area contributed by atoms with Gasteiger partial charge in [0.2, 0.25) is 0 Å². The van der Waals surface area contributed by atoms with Gasteiger partial charge in [-0.05, 0) is 22.8 Å². The predicted molar refractivity (Wildman–Crippen MR) is 51.6 cm³/mol. The van der Waals surface area contributed by atoms with E-state index in [1.54, 1.807) is 0 Å². The van der Waals surface area contributed by atoms with Crippen LogP contribution in [0.4, 0.5) is 0 Å². The van der Waals surface area contributed by atoms with E-state index in [9.17, 15) is 0 Å². The van der Waals surface area contributed by atoms with Crippen molar-refractivity contribution in [1.82, 2.24) is 19.7 Å². The van der Waals surface area contributed by atoms with E-state index in [-0.39, 0.29) is 28.3 Å². The lowest BCUT2D eigenvalue weighted by Crippen LogP contribution is -1.98. The van der Waals surface area contributed by atoms with Crippen molar-refractivity contribution < 1.29 is 6.85 Å². The summed E-state index contributed by atoms with van der Waals surface area (Å²) >= 11 is 3.05. The molecule has 2 aromatic rings. The fourth-order valence-electron chi connectivity index (χ4n) is 0.776. The van der Waals surface area contributed by atoms with Crippen LogP contribution in [0.5, 0.6) is 0 Å². The molecule has 0 saturated carbocycles. The van der Waals surface area contributed by atoms with Gasteiger partial charge in [-0.3, -0.25) is 4.98 Å². The van der Waals surface area contributed by atoms with Crippen molar-refractivity contribution in [3.8, 4) is 5.82 Å². The maximum atomic E-state index is 7.68. The van der Waals surface area contributed by atoms with Crippen LogP contribution in [0.2, 0.25) is 0 Å². The molecule has 0 atom stereocenters. The molecule has 0 fully saturated rings. The molecule has 0 aliphatic carbocycles. The molecule has 0 amide bonds. The van der Waals surface area contributed by atoms with Gasteiger partial charge in [0.1, 0.15) is 0 Å². The number of nitrogens with zero attached hydrogens (tertiary/aromatic N) is 4. The zero-order valence-corrected chi connectivity index (χ0v) is 7.91. The molecule has 0 spiro atoms. The topological polar surface area (TPSA) is 43.6 Å². The average molecular weight is 244 g/mol. The molecule has 5 heteroatoms. The zero-order valence-electron chi connectivity index (χ0n) is 11.3. The van der Waals surface area contributed by atoms with Crippen molar-refractivity contribution in [2.75, 3.05) is 0 Å². The van der Waals surface area contributed by atoms with Gasteiger partial charge in [-0.25, -0.2) is 9.67 Å². The molecular weight excluding hydrogens is 232 g/mol. The summed E-state index contributed by atoms with van der Waals surface area (Å²) in [6.45, 7) is -2.32. The Morgan fingerprint density at radius 2 is 2.46 bits per heavy atom. The molecule has 0 aliphatic rings. The second kappa shape index (κ2) is 3.26. The van der Waals surface area contributed by atoms with Crippen LogP contribution < -0.4 is 0 Å². The first-order valence-corrected chi connectivity index (χ1v) is 4.14. The van der Waals surface area contributed by atoms with Crippen LogP contribution in [0.25, 0.3) is 5.82 Å². The lowest BCUT2D eigenvalue weighted by Gasteiger charge is -1.98. The number of hydrogen-bond acceptors (Lipinski definition) is 3. The molecular formula is C8H7BrN4. The quantitative estimate of drug-likeness (QED) is 0.767. The van der Waals surface area contributed by atoms with Gasteiger partial charge in [0.15, 0.2) is 5.82 Å². The van der Waals surface area contributed by atoms with Gasteiger partial charge in [-0.2, -0.15) is 5.10 Å². The van der Waals surface area contributed by atoms with E-state index in [4.69, 9.17) is 6.85 Å². The van der Waals surface area contributed by atoms with Crippen LogP contribution in [0, 0.1) is 6.85 Å². The second-order valence-corrected chi connectivity index (χ2v) is 3.00. The molecule has 4 nitrogen and oxygen atoms in total. The highest BCUT2D eigenvalue weighted by Crippen LogP contribution is 2.09. The van der Waals surface area contributed by atoms with Gasteiger partial charge in [-0.15, -0.1) is 0 Å². The lowest BCUT2D eigenvalue weighted by atomic mass is 10.5. The van der Waals surface area contributed by atoms with Crippen LogP contribution >= 0.6 is 15.9 Å². The molecule has 2 rings (SSSR count). The summed E-state index contributed by atoms with van der Waals surface area (Å²) in [5.74, 6) is 0.187. The fraction of sp³-hybridized carbons (Fsp3) is 0.125. The summed E-state index contributed by atoms with van der Waals surface area (Å²) in [5.41, 5.74) is -0.130. The standard InChI is InChI=1S/C8H7BrN4/c1-6-2-11-8(4-10-6)13-5-7(9)3-12-13/h2-5H,1H3/i1D3,3D,5D. The van der Waals surface area contributed by atoms with E-state index < -0.39 is 6.85 Å². The summed E-state index contributed by atoms with van der Waals surface area (Å²) < 4.78 is 37.9. The molecule has 2 aromatic heterocycles. The lowest BCUT2D eigenvalue weighted by molar-refractivity contribution is 0.833. The van der Waals surface area contributed by atoms with E-state index in [1.807, 2.05) is 0 Å². The molecule has 2 heterocycles. The zero-order chi connectivity index (χ0) is 13.5. The Hall–Kier alpha value is -1.23. The van der Waals surface area contributed by atoms with Crippen molar-refractivity contribution in [1.29, 1.82) is 0 Å². The predicted octanol–water partition coefficient (Wildman–Crippen LogP) is 1.73. The monoisotopic (exact) mass is 243 g/mol. The Kier molecular flexibility index (Phi) is 1.08. The minimum absolute atomic E-state index is 0.0454. The summed E-state index contributed by atoms with van der Waals surface area (Å²) in [4.78, 5) is 7.65. The molecule has 0 N–H and O–H groups in total. The number of halogens is 1. The van der Waals surface area contributed by atoms with E-state index in [0.717, 1.165) is 10.9 Å². The van der Waals surface area contributed by atoms with E-state index >= 15 is 0 Å². The maximum Gasteiger partial charge on any atom is 0.171 e. The molecule has 13 heavy (non-hydrogen) atoms. The summed E-state index contributed by atoms with van der Waals surface area (Å²) in [6, 6.07) is 0. The smallest absolute Gasteiger partial charge is 0.171 e. The minimum Gasteiger partial charge on any atom is -0.256 e. The van der Waals surface area contributed by atoms with Gasteiger partial charge in [0.05, 0.1) is 31.5 Å². The average Bonchev–Trinajstić information content (AvgIpc) is 2.56. The van der Waals surface area contributed by atoms with Crippen molar-refractivity contribution in [2.45, 2.75) is 6.85 Å². The van der Waals surface area contributed by atoms with Crippen LogP contribution in [-0.4, -0.2) is 19.7 Å². The first-order valence-electron chi connectivity index (χ1n) is 5.85. The molecule has 66 valence electrons. The summed E-state index contributed by atoms with van der Waals surface area (Å²) in [6.07, 6.45) is 2.18. The molecule has 0 saturated heterocycles. The van der Waals surface area contributed by atoms with Gasteiger partial charge in [0.25, 0.3) is 0 Å². The normalized spacial score (nSPS) is 16.8. The van der Waals surface area contributed by atoms with Crippen LogP contribution in [-0.2, 0) is 0 Å². The van der Waals surface area contributed by atoms with Gasteiger partial charge in [-0.1, -0.05) is 0 Å². The Morgan fingerprint density at radius 3 is 3.00 bits per heavy atom. The Labute approximate surface area is 90.8 Å². The first-order chi connectivity index (χ1) is 8.30. The number of aryl methyl sites for hydroxylation is 1. The molecule has 0 bridgehead atoms. The van der Waals surface area contributed by atoms with Crippen LogP contribution in [0.1, 0.15) is 12.5 Å². The number of hydrogen-bond donors (Lipinski definition) is 0. The summed E-state index contributed by atoms with van der Waals surface area (Å²) in [5, 5.41) is 3.78. The van der Waals surface area contributed by atoms with Gasteiger partial charge in [0, 0.05) is 10.3 Å². The van der Waals surface area contributed by atoms with Crippen LogP contribution in [0.15, 0.2) is 29.2 Å². The molecule has 0 unspecified atom stereocenters. The van der Waals surface area contributed by atoms with Crippen LogP contribution in [0.3, 0.4) is 0 Å². The third-order valence-corrected chi connectivity index (χ3v) is 1.66. The fourth-order valence-corrected chi connectivity index (χ4v) is 1.02. The maximum absolute atomic E-state index is 7.68. The highest BCUT2D eigenvalue weighted by atomic mass is 79.9. The van der Waals surface area contributed by atoms with E-state index in [2.05, 4.69) is 31.0 Å². The summed E-state index contributed by atoms with van der Waals surface area (Å²) in [7, 11) is 0. The molecule has 0 aliphatic heterocycles. The third-order valence-electron chi connectivity index (χ3n) is 1.31. The molecule has 0 aromatic carbocycles. The van der Waals surface area contributed by atoms with Gasteiger partial charge < -0.3 is 0 Å². The third kappa shape index (κ3) is 1.75. The highest BCUT2D eigenvalue weighted by molar-refractivity contribution is 9.10. The SMILES string of the molecule is [2H]c1nn(-c2cnc(C([2H])([2H])[2H])cn2)c([2H])c1Br. The Morgan fingerprint density at radius 1 is 1.54 bits per heavy atom. The van der Waals surface area contributed by atoms with Crippen molar-refractivity contribution in [3.05, 3.63) is 34.9 Å². The van der Waals surface area contributed by atoms with E-state index in [0.29, 0.717) is 0 Å². The number of aromatic nitrogens is 4. The largest absolute Gasteiger partial charge is 0.256 e. The Bertz CT molecular complexity index is 576. The second-order valence-electron chi connectivity index (χ2n) is 2.21. The van der Waals surface area contributed by atoms with Crippen molar-refractivity contribution in [2.24, 2.45) is 0 Å². The minimum atomic E-state index is -2.32. The first kappa shape index (κ1) is 4.32. The van der Waals surface area contributed by atoms with E-state index in [1.165, 1.54) is 6.20 Å². The molecule has 0 radical (unpaired) electrons.